The van der Waals surface area contributed by atoms with E-state index in [1.54, 1.807) is 0 Å². The zero-order chi connectivity index (χ0) is 12.6. The molecule has 0 aliphatic rings. The van der Waals surface area contributed by atoms with E-state index in [1.165, 1.54) is 23.0 Å². The highest BCUT2D eigenvalue weighted by atomic mass is 35.5. The molecule has 0 spiro atoms. The molecule has 0 atom stereocenters. The fourth-order valence-corrected chi connectivity index (χ4v) is 2.10. The number of halogens is 4. The van der Waals surface area contributed by atoms with Gasteiger partial charge in [0.15, 0.2) is 5.15 Å². The zero-order valence-electron chi connectivity index (χ0n) is 8.09. The lowest BCUT2D eigenvalue weighted by Crippen LogP contribution is -1.97. The lowest BCUT2D eigenvalue weighted by molar-refractivity contribution is 0.881. The van der Waals surface area contributed by atoms with E-state index in [0.29, 0.717) is 20.8 Å². The van der Waals surface area contributed by atoms with E-state index in [2.05, 4.69) is 5.10 Å². The van der Waals surface area contributed by atoms with Crippen molar-refractivity contribution in [1.29, 1.82) is 5.26 Å². The minimum atomic E-state index is 0.174. The van der Waals surface area contributed by atoms with E-state index in [4.69, 9.17) is 51.7 Å². The van der Waals surface area contributed by atoms with Gasteiger partial charge in [-0.25, -0.2) is 4.68 Å². The van der Waals surface area contributed by atoms with Crippen LogP contribution in [0.3, 0.4) is 0 Å². The smallest absolute Gasteiger partial charge is 0.150 e. The average molecular weight is 307 g/mol. The third-order valence-corrected chi connectivity index (χ3v) is 3.44. The molecule has 0 aliphatic carbocycles. The molecule has 2 aromatic rings. The topological polar surface area (TPSA) is 41.6 Å². The third kappa shape index (κ3) is 2.22. The van der Waals surface area contributed by atoms with Crippen LogP contribution in [0.25, 0.3) is 5.69 Å². The summed E-state index contributed by atoms with van der Waals surface area (Å²) < 4.78 is 1.32. The van der Waals surface area contributed by atoms with Crippen molar-refractivity contribution in [3.05, 3.63) is 44.1 Å². The Labute approximate surface area is 117 Å². The molecule has 0 aliphatic heterocycles. The maximum Gasteiger partial charge on any atom is 0.150 e. The summed E-state index contributed by atoms with van der Waals surface area (Å²) in [6, 6.07) is 4.94. The molecular formula is C10H3Cl4N3. The largest absolute Gasteiger partial charge is 0.219 e. The summed E-state index contributed by atoms with van der Waals surface area (Å²) in [6.07, 6.45) is 1.35. The number of hydrogen-bond acceptors (Lipinski definition) is 2. The Morgan fingerprint density at radius 3 is 2.29 bits per heavy atom. The predicted molar refractivity (Wildman–Crippen MR) is 68.3 cm³/mol. The quantitative estimate of drug-likeness (QED) is 0.735. The Morgan fingerprint density at radius 1 is 1.06 bits per heavy atom. The minimum absolute atomic E-state index is 0.174. The van der Waals surface area contributed by atoms with Crippen LogP contribution in [0.1, 0.15) is 5.56 Å². The molecule has 1 aromatic carbocycles. The molecule has 1 heterocycles. The van der Waals surface area contributed by atoms with E-state index in [1.807, 2.05) is 6.07 Å². The molecule has 0 amide bonds. The molecule has 0 fully saturated rings. The molecule has 0 N–H and O–H groups in total. The second kappa shape index (κ2) is 4.75. The van der Waals surface area contributed by atoms with Crippen molar-refractivity contribution < 1.29 is 0 Å². The molecule has 0 saturated heterocycles. The highest BCUT2D eigenvalue weighted by Crippen LogP contribution is 2.32. The maximum absolute atomic E-state index is 8.78. The molecule has 17 heavy (non-hydrogen) atoms. The van der Waals surface area contributed by atoms with Crippen molar-refractivity contribution in [2.45, 2.75) is 0 Å². The molecule has 0 radical (unpaired) electrons. The van der Waals surface area contributed by atoms with Gasteiger partial charge in [0, 0.05) is 0 Å². The Hall–Kier alpha value is -0.920. The predicted octanol–water partition coefficient (Wildman–Crippen LogP) is 4.36. The van der Waals surface area contributed by atoms with Crippen LogP contribution in [0.5, 0.6) is 0 Å². The monoisotopic (exact) mass is 305 g/mol. The Balaban J connectivity index is 2.65. The minimum Gasteiger partial charge on any atom is -0.219 e. The van der Waals surface area contributed by atoms with Crippen molar-refractivity contribution in [3.63, 3.8) is 0 Å². The van der Waals surface area contributed by atoms with E-state index >= 15 is 0 Å². The van der Waals surface area contributed by atoms with Crippen LogP contribution in [0.15, 0.2) is 18.3 Å². The van der Waals surface area contributed by atoms with E-state index in [0.717, 1.165) is 0 Å². The number of nitriles is 1. The Kier molecular flexibility index (Phi) is 3.50. The van der Waals surface area contributed by atoms with Gasteiger partial charge >= 0.3 is 0 Å². The van der Waals surface area contributed by atoms with Gasteiger partial charge in [-0.15, -0.1) is 0 Å². The van der Waals surface area contributed by atoms with Crippen LogP contribution in [-0.4, -0.2) is 9.78 Å². The van der Waals surface area contributed by atoms with Gasteiger partial charge in [-0.1, -0.05) is 46.4 Å². The first kappa shape index (κ1) is 12.5. The second-order valence-electron chi connectivity index (χ2n) is 3.09. The normalized spacial score (nSPS) is 10.3. The van der Waals surface area contributed by atoms with Crippen molar-refractivity contribution >= 4 is 46.4 Å². The van der Waals surface area contributed by atoms with E-state index in [-0.39, 0.29) is 10.7 Å². The number of benzene rings is 1. The number of rotatable bonds is 1. The Bertz CT molecular complexity index is 627. The molecule has 86 valence electrons. The van der Waals surface area contributed by atoms with Gasteiger partial charge in [0.25, 0.3) is 0 Å². The second-order valence-corrected chi connectivity index (χ2v) is 4.67. The summed E-state index contributed by atoms with van der Waals surface area (Å²) in [4.78, 5) is 0. The van der Waals surface area contributed by atoms with Gasteiger partial charge in [0.05, 0.1) is 27.0 Å². The van der Waals surface area contributed by atoms with E-state index < -0.39 is 0 Å². The van der Waals surface area contributed by atoms with Crippen LogP contribution >= 0.6 is 46.4 Å². The Morgan fingerprint density at radius 2 is 1.71 bits per heavy atom. The summed E-state index contributed by atoms with van der Waals surface area (Å²) in [5.74, 6) is 0. The van der Waals surface area contributed by atoms with Crippen molar-refractivity contribution in [3.8, 4) is 11.8 Å². The van der Waals surface area contributed by atoms with Crippen LogP contribution in [0, 0.1) is 11.3 Å². The summed E-state index contributed by atoms with van der Waals surface area (Å²) >= 11 is 23.7. The average Bonchev–Trinajstić information content (AvgIpc) is 2.65. The van der Waals surface area contributed by atoms with Gasteiger partial charge in [-0.2, -0.15) is 10.4 Å². The summed E-state index contributed by atoms with van der Waals surface area (Å²) in [6.45, 7) is 0. The SMILES string of the molecule is N#Cc1cnn(-c2cc(Cl)c(Cl)cc2Cl)c1Cl. The molecule has 7 heteroatoms. The first-order valence-electron chi connectivity index (χ1n) is 4.33. The van der Waals surface area contributed by atoms with Crippen molar-refractivity contribution in [2.24, 2.45) is 0 Å². The molecule has 3 nitrogen and oxygen atoms in total. The van der Waals surface area contributed by atoms with Crippen LogP contribution in [-0.2, 0) is 0 Å². The standard InChI is InChI=1S/C10H3Cl4N3/c11-6-1-8(13)9(2-7(6)12)17-10(14)5(3-15)4-16-17/h1-2,4H. The zero-order valence-corrected chi connectivity index (χ0v) is 11.1. The first-order valence-corrected chi connectivity index (χ1v) is 5.84. The highest BCUT2D eigenvalue weighted by Gasteiger charge is 2.14. The summed E-state index contributed by atoms with van der Waals surface area (Å²) in [5.41, 5.74) is 0.723. The van der Waals surface area contributed by atoms with Crippen LogP contribution < -0.4 is 0 Å². The molecular weight excluding hydrogens is 304 g/mol. The van der Waals surface area contributed by atoms with Gasteiger partial charge in [0.1, 0.15) is 11.6 Å². The number of aromatic nitrogens is 2. The highest BCUT2D eigenvalue weighted by molar-refractivity contribution is 6.43. The summed E-state index contributed by atoms with van der Waals surface area (Å²) in [7, 11) is 0. The van der Waals surface area contributed by atoms with Gasteiger partial charge in [-0.05, 0) is 12.1 Å². The summed E-state index contributed by atoms with van der Waals surface area (Å²) in [5, 5.41) is 13.9. The lowest BCUT2D eigenvalue weighted by Gasteiger charge is -2.07. The van der Waals surface area contributed by atoms with Crippen molar-refractivity contribution in [2.75, 3.05) is 0 Å². The van der Waals surface area contributed by atoms with Crippen LogP contribution in [0.4, 0.5) is 0 Å². The number of hydrogen-bond donors (Lipinski definition) is 0. The van der Waals surface area contributed by atoms with Gasteiger partial charge in [0.2, 0.25) is 0 Å². The molecule has 0 saturated carbocycles. The van der Waals surface area contributed by atoms with Gasteiger partial charge in [-0.3, -0.25) is 0 Å². The van der Waals surface area contributed by atoms with Gasteiger partial charge < -0.3 is 0 Å². The van der Waals surface area contributed by atoms with E-state index in [9.17, 15) is 0 Å². The maximum atomic E-state index is 8.78. The molecule has 2 rings (SSSR count). The lowest BCUT2D eigenvalue weighted by atomic mass is 10.3. The third-order valence-electron chi connectivity index (χ3n) is 2.05. The fraction of sp³-hybridized carbons (Fsp3) is 0. The molecule has 0 bridgehead atoms. The molecule has 0 unspecified atom stereocenters. The fourth-order valence-electron chi connectivity index (χ4n) is 1.25. The molecule has 1 aromatic heterocycles. The number of nitrogens with zero attached hydrogens (tertiary/aromatic N) is 3. The first-order chi connectivity index (χ1) is 8.04. The van der Waals surface area contributed by atoms with Crippen LogP contribution in [0.2, 0.25) is 20.2 Å². The van der Waals surface area contributed by atoms with Crippen molar-refractivity contribution in [1.82, 2.24) is 9.78 Å².